The van der Waals surface area contributed by atoms with Crippen molar-refractivity contribution in [1.29, 1.82) is 0 Å². The molecule has 0 fully saturated rings. The van der Waals surface area contributed by atoms with E-state index in [4.69, 9.17) is 10.5 Å². The minimum atomic E-state index is -0.0625. The van der Waals surface area contributed by atoms with Crippen LogP contribution in [0.3, 0.4) is 0 Å². The minimum Gasteiger partial charge on any atom is -0.487 e. The minimum absolute atomic E-state index is 0.0625. The number of aromatic nitrogens is 2. The van der Waals surface area contributed by atoms with Crippen LogP contribution in [0.2, 0.25) is 0 Å². The molecule has 0 unspecified atom stereocenters. The van der Waals surface area contributed by atoms with Gasteiger partial charge >= 0.3 is 0 Å². The summed E-state index contributed by atoms with van der Waals surface area (Å²) in [5.41, 5.74) is 8.69. The van der Waals surface area contributed by atoms with E-state index in [2.05, 4.69) is 5.10 Å². The molecule has 0 amide bonds. The predicted molar refractivity (Wildman–Crippen MR) is 77.8 cm³/mol. The fourth-order valence-corrected chi connectivity index (χ4v) is 2.09. The van der Waals surface area contributed by atoms with Crippen molar-refractivity contribution >= 4 is 11.5 Å². The number of rotatable bonds is 5. The topological polar surface area (TPSA) is 70.1 Å². The molecular weight excluding hydrogens is 254 g/mol. The monoisotopic (exact) mass is 273 g/mol. The van der Waals surface area contributed by atoms with Crippen LogP contribution in [-0.4, -0.2) is 15.6 Å². The highest BCUT2D eigenvalue weighted by atomic mass is 16.5. The summed E-state index contributed by atoms with van der Waals surface area (Å²) < 4.78 is 7.65. The van der Waals surface area contributed by atoms with Gasteiger partial charge in [-0.2, -0.15) is 5.10 Å². The first-order chi connectivity index (χ1) is 9.51. The Morgan fingerprint density at radius 1 is 1.40 bits per heavy atom. The SMILES string of the molecule is CCn1nc(C)cc1COc1ccc(N)cc1C(C)=O. The fraction of sp³-hybridized carbons (Fsp3) is 0.333. The maximum atomic E-state index is 11.6. The Kier molecular flexibility index (Phi) is 4.08. The molecule has 0 radical (unpaired) electrons. The molecule has 1 aromatic heterocycles. The number of nitrogens with zero attached hydrogens (tertiary/aromatic N) is 2. The lowest BCUT2D eigenvalue weighted by Gasteiger charge is -2.11. The molecule has 0 spiro atoms. The van der Waals surface area contributed by atoms with Gasteiger partial charge in [-0.15, -0.1) is 0 Å². The summed E-state index contributed by atoms with van der Waals surface area (Å²) in [4.78, 5) is 11.6. The molecule has 2 N–H and O–H groups in total. The summed E-state index contributed by atoms with van der Waals surface area (Å²) in [6.07, 6.45) is 0. The second-order valence-electron chi connectivity index (χ2n) is 4.69. The summed E-state index contributed by atoms with van der Waals surface area (Å²) in [5.74, 6) is 0.487. The highest BCUT2D eigenvalue weighted by Crippen LogP contribution is 2.23. The Morgan fingerprint density at radius 2 is 2.15 bits per heavy atom. The Bertz CT molecular complexity index is 632. The van der Waals surface area contributed by atoms with Gasteiger partial charge in [0.2, 0.25) is 0 Å². The highest BCUT2D eigenvalue weighted by molar-refractivity contribution is 5.97. The van der Waals surface area contributed by atoms with E-state index in [0.29, 0.717) is 23.6 Å². The maximum Gasteiger partial charge on any atom is 0.163 e. The number of benzene rings is 1. The lowest BCUT2D eigenvalue weighted by molar-refractivity contribution is 0.101. The third-order valence-electron chi connectivity index (χ3n) is 3.04. The lowest BCUT2D eigenvalue weighted by atomic mass is 10.1. The first-order valence-electron chi connectivity index (χ1n) is 6.58. The molecule has 20 heavy (non-hydrogen) atoms. The summed E-state index contributed by atoms with van der Waals surface area (Å²) in [7, 11) is 0. The van der Waals surface area contributed by atoms with Gasteiger partial charge in [-0.3, -0.25) is 9.48 Å². The number of ketones is 1. The van der Waals surface area contributed by atoms with Crippen LogP contribution >= 0.6 is 0 Å². The molecule has 106 valence electrons. The van der Waals surface area contributed by atoms with Crippen LogP contribution in [0.5, 0.6) is 5.75 Å². The molecule has 0 bridgehead atoms. The Balaban J connectivity index is 2.20. The van der Waals surface area contributed by atoms with E-state index in [1.807, 2.05) is 24.6 Å². The number of hydrogen-bond acceptors (Lipinski definition) is 4. The van der Waals surface area contributed by atoms with Crippen molar-refractivity contribution in [2.75, 3.05) is 5.73 Å². The average Bonchev–Trinajstić information content (AvgIpc) is 2.77. The van der Waals surface area contributed by atoms with Crippen LogP contribution in [0.1, 0.15) is 35.6 Å². The zero-order valence-corrected chi connectivity index (χ0v) is 12.0. The Morgan fingerprint density at radius 3 is 2.80 bits per heavy atom. The number of ether oxygens (including phenoxy) is 1. The van der Waals surface area contributed by atoms with Crippen LogP contribution in [0, 0.1) is 6.92 Å². The van der Waals surface area contributed by atoms with E-state index in [9.17, 15) is 4.79 Å². The van der Waals surface area contributed by atoms with Crippen LogP contribution in [-0.2, 0) is 13.2 Å². The van der Waals surface area contributed by atoms with E-state index >= 15 is 0 Å². The molecule has 2 aromatic rings. The average molecular weight is 273 g/mol. The fourth-order valence-electron chi connectivity index (χ4n) is 2.09. The summed E-state index contributed by atoms with van der Waals surface area (Å²) in [6, 6.07) is 7.07. The Hall–Kier alpha value is -2.30. The molecule has 0 aliphatic rings. The molecule has 0 aliphatic heterocycles. The van der Waals surface area contributed by atoms with E-state index in [1.165, 1.54) is 6.92 Å². The van der Waals surface area contributed by atoms with E-state index < -0.39 is 0 Å². The first kappa shape index (κ1) is 14.1. The van der Waals surface area contributed by atoms with Gasteiger partial charge in [-0.1, -0.05) is 0 Å². The smallest absolute Gasteiger partial charge is 0.163 e. The number of carbonyl (C=O) groups is 1. The third kappa shape index (κ3) is 2.99. The third-order valence-corrected chi connectivity index (χ3v) is 3.04. The maximum absolute atomic E-state index is 11.6. The van der Waals surface area contributed by atoms with Crippen LogP contribution in [0.15, 0.2) is 24.3 Å². The lowest BCUT2D eigenvalue weighted by Crippen LogP contribution is -2.08. The van der Waals surface area contributed by atoms with Crippen LogP contribution in [0.4, 0.5) is 5.69 Å². The van der Waals surface area contributed by atoms with Gasteiger partial charge in [0, 0.05) is 12.2 Å². The predicted octanol–water partition coefficient (Wildman–Crippen LogP) is 2.58. The number of hydrogen-bond donors (Lipinski definition) is 1. The van der Waals surface area contributed by atoms with Gasteiger partial charge in [0.15, 0.2) is 5.78 Å². The largest absolute Gasteiger partial charge is 0.487 e. The van der Waals surface area contributed by atoms with Gasteiger partial charge in [0.25, 0.3) is 0 Å². The van der Waals surface area contributed by atoms with Gasteiger partial charge in [-0.05, 0) is 45.0 Å². The number of anilines is 1. The number of nitrogen functional groups attached to an aromatic ring is 1. The molecular formula is C15H19N3O2. The van der Waals surface area contributed by atoms with Crippen molar-refractivity contribution < 1.29 is 9.53 Å². The molecule has 0 aliphatic carbocycles. The van der Waals surface area contributed by atoms with Gasteiger partial charge in [0.05, 0.1) is 17.0 Å². The first-order valence-corrected chi connectivity index (χ1v) is 6.58. The van der Waals surface area contributed by atoms with E-state index in [1.54, 1.807) is 18.2 Å². The van der Waals surface area contributed by atoms with Gasteiger partial charge in [0.1, 0.15) is 12.4 Å². The molecule has 0 saturated heterocycles. The molecule has 1 heterocycles. The zero-order valence-electron chi connectivity index (χ0n) is 12.0. The van der Waals surface area contributed by atoms with Crippen molar-refractivity contribution in [2.24, 2.45) is 0 Å². The van der Waals surface area contributed by atoms with Crippen molar-refractivity contribution in [3.63, 3.8) is 0 Å². The van der Waals surface area contributed by atoms with E-state index in [-0.39, 0.29) is 5.78 Å². The van der Waals surface area contributed by atoms with Crippen molar-refractivity contribution in [2.45, 2.75) is 33.9 Å². The number of nitrogens with two attached hydrogens (primary N) is 1. The highest BCUT2D eigenvalue weighted by Gasteiger charge is 2.11. The zero-order chi connectivity index (χ0) is 14.7. The molecule has 0 saturated carbocycles. The number of carbonyl (C=O) groups excluding carboxylic acids is 1. The quantitative estimate of drug-likeness (QED) is 0.671. The Labute approximate surface area is 118 Å². The van der Waals surface area contributed by atoms with Gasteiger partial charge in [-0.25, -0.2) is 0 Å². The number of Topliss-reactive ketones (excluding diaryl/α,β-unsaturated/α-hetero) is 1. The van der Waals surface area contributed by atoms with Crippen molar-refractivity contribution in [3.8, 4) is 5.75 Å². The second kappa shape index (κ2) is 5.77. The summed E-state index contributed by atoms with van der Waals surface area (Å²) in [5, 5.41) is 4.36. The normalized spacial score (nSPS) is 10.6. The standard InChI is InChI=1S/C15H19N3O2/c1-4-18-13(7-10(2)17-18)9-20-15-6-5-12(16)8-14(15)11(3)19/h5-8H,4,9,16H2,1-3H3. The van der Waals surface area contributed by atoms with Crippen molar-refractivity contribution in [1.82, 2.24) is 9.78 Å². The number of aryl methyl sites for hydroxylation is 2. The molecule has 0 atom stereocenters. The molecule has 1 aromatic carbocycles. The van der Waals surface area contributed by atoms with Crippen molar-refractivity contribution in [3.05, 3.63) is 41.2 Å². The summed E-state index contributed by atoms with van der Waals surface area (Å²) >= 11 is 0. The molecule has 5 nitrogen and oxygen atoms in total. The van der Waals surface area contributed by atoms with Crippen LogP contribution < -0.4 is 10.5 Å². The summed E-state index contributed by atoms with van der Waals surface area (Å²) in [6.45, 7) is 6.63. The molecule has 2 rings (SSSR count). The van der Waals surface area contributed by atoms with Crippen LogP contribution in [0.25, 0.3) is 0 Å². The second-order valence-corrected chi connectivity index (χ2v) is 4.69. The van der Waals surface area contributed by atoms with E-state index in [0.717, 1.165) is 17.9 Å². The molecule has 5 heteroatoms. The van der Waals surface area contributed by atoms with Gasteiger partial charge < -0.3 is 10.5 Å².